The van der Waals surface area contributed by atoms with Crippen LogP contribution in [0.5, 0.6) is 5.75 Å². The number of thiophene rings is 1. The van der Waals surface area contributed by atoms with Crippen molar-refractivity contribution in [3.05, 3.63) is 45.1 Å². The Morgan fingerprint density at radius 2 is 2.05 bits per heavy atom. The second-order valence-electron chi connectivity index (χ2n) is 3.88. The third kappa shape index (κ3) is 2.64. The molecule has 2 N–H and O–H groups in total. The van der Waals surface area contributed by atoms with Gasteiger partial charge in [-0.3, -0.25) is 0 Å². The van der Waals surface area contributed by atoms with E-state index < -0.39 is 0 Å². The maximum atomic E-state index is 5.90. The summed E-state index contributed by atoms with van der Waals surface area (Å²) in [6.45, 7) is 0.318. The molecule has 0 aliphatic rings. The van der Waals surface area contributed by atoms with E-state index in [1.807, 2.05) is 35.7 Å². The van der Waals surface area contributed by atoms with Crippen molar-refractivity contribution in [1.29, 1.82) is 0 Å². The Balaban J connectivity index is 1.84. The predicted octanol–water partition coefficient (Wildman–Crippen LogP) is 3.46. The molecule has 6 heteroatoms. The number of hydrogen-bond donors (Lipinski definition) is 1. The topological polar surface area (TPSA) is 61.0 Å². The normalized spacial score (nSPS) is 10.8. The predicted molar refractivity (Wildman–Crippen MR) is 85.3 cm³/mol. The van der Waals surface area contributed by atoms with Gasteiger partial charge < -0.3 is 10.5 Å². The van der Waals surface area contributed by atoms with Gasteiger partial charge >= 0.3 is 0 Å². The zero-order valence-corrected chi connectivity index (χ0v) is 12.8. The van der Waals surface area contributed by atoms with E-state index in [0.717, 1.165) is 19.5 Å². The summed E-state index contributed by atoms with van der Waals surface area (Å²) in [5, 5.41) is 2.86. The van der Waals surface area contributed by atoms with Crippen LogP contribution in [0, 0.1) is 3.57 Å². The number of nitrogens with two attached hydrogens (primary N) is 1. The first kappa shape index (κ1) is 12.6. The minimum Gasteiger partial charge on any atom is -0.484 e. The number of fused-ring (bicyclic) bond motifs is 1. The molecule has 0 aliphatic carbocycles. The molecule has 0 saturated heterocycles. The zero-order valence-electron chi connectivity index (χ0n) is 9.84. The van der Waals surface area contributed by atoms with Crippen LogP contribution in [-0.2, 0) is 6.61 Å². The molecular weight excluding hydrogens is 373 g/mol. The van der Waals surface area contributed by atoms with Crippen molar-refractivity contribution >= 4 is 50.0 Å². The van der Waals surface area contributed by atoms with Crippen LogP contribution in [0.4, 0.5) is 5.82 Å². The molecule has 2 aromatic heterocycles. The van der Waals surface area contributed by atoms with Gasteiger partial charge in [0.05, 0.1) is 8.96 Å². The molecule has 0 amide bonds. The van der Waals surface area contributed by atoms with Gasteiger partial charge in [-0.25, -0.2) is 9.97 Å². The summed E-state index contributed by atoms with van der Waals surface area (Å²) in [6.07, 6.45) is 0. The van der Waals surface area contributed by atoms with Crippen molar-refractivity contribution in [2.45, 2.75) is 6.61 Å². The standard InChI is InChI=1S/C13H10IN3OS/c14-9-3-1-2-4-10(9)18-7-11-16-12(15)8-5-6-19-13(8)17-11/h1-6H,7H2,(H2,15,16,17). The first-order valence-electron chi connectivity index (χ1n) is 5.61. The largest absolute Gasteiger partial charge is 0.484 e. The summed E-state index contributed by atoms with van der Waals surface area (Å²) < 4.78 is 6.78. The average Bonchev–Trinajstić information content (AvgIpc) is 2.87. The number of rotatable bonds is 3. The Hall–Kier alpha value is -1.41. The first-order valence-corrected chi connectivity index (χ1v) is 7.57. The van der Waals surface area contributed by atoms with E-state index in [1.165, 1.54) is 0 Å². The fourth-order valence-electron chi connectivity index (χ4n) is 1.69. The van der Waals surface area contributed by atoms with Crippen molar-refractivity contribution in [2.24, 2.45) is 0 Å². The molecule has 0 radical (unpaired) electrons. The Labute approximate surface area is 127 Å². The maximum Gasteiger partial charge on any atom is 0.169 e. The zero-order chi connectivity index (χ0) is 13.2. The number of para-hydroxylation sites is 1. The van der Waals surface area contributed by atoms with E-state index in [4.69, 9.17) is 10.5 Å². The van der Waals surface area contributed by atoms with Crippen molar-refractivity contribution in [3.8, 4) is 5.75 Å². The van der Waals surface area contributed by atoms with Crippen molar-refractivity contribution in [3.63, 3.8) is 0 Å². The maximum absolute atomic E-state index is 5.90. The van der Waals surface area contributed by atoms with E-state index in [2.05, 4.69) is 32.6 Å². The molecule has 96 valence electrons. The lowest BCUT2D eigenvalue weighted by Gasteiger charge is -2.07. The van der Waals surface area contributed by atoms with Gasteiger partial charge in [-0.2, -0.15) is 0 Å². The third-order valence-corrected chi connectivity index (χ3v) is 4.29. The molecule has 0 atom stereocenters. The van der Waals surface area contributed by atoms with Gasteiger partial charge in [-0.1, -0.05) is 12.1 Å². The smallest absolute Gasteiger partial charge is 0.169 e. The van der Waals surface area contributed by atoms with Gasteiger partial charge in [0.2, 0.25) is 0 Å². The van der Waals surface area contributed by atoms with Gasteiger partial charge in [0.15, 0.2) is 5.82 Å². The van der Waals surface area contributed by atoms with Gasteiger partial charge in [0.25, 0.3) is 0 Å². The van der Waals surface area contributed by atoms with Crippen LogP contribution in [0.1, 0.15) is 5.82 Å². The molecule has 2 heterocycles. The molecule has 0 spiro atoms. The van der Waals surface area contributed by atoms with Crippen LogP contribution < -0.4 is 10.5 Å². The van der Waals surface area contributed by atoms with Crippen LogP contribution >= 0.6 is 33.9 Å². The van der Waals surface area contributed by atoms with Crippen molar-refractivity contribution in [2.75, 3.05) is 5.73 Å². The number of hydrogen-bond acceptors (Lipinski definition) is 5. The molecule has 19 heavy (non-hydrogen) atoms. The van der Waals surface area contributed by atoms with Crippen LogP contribution in [0.3, 0.4) is 0 Å². The van der Waals surface area contributed by atoms with Crippen LogP contribution in [0.15, 0.2) is 35.7 Å². The summed E-state index contributed by atoms with van der Waals surface area (Å²) in [5.74, 6) is 1.94. The second kappa shape index (κ2) is 5.30. The van der Waals surface area contributed by atoms with Gasteiger partial charge in [-0.05, 0) is 46.2 Å². The highest BCUT2D eigenvalue weighted by Gasteiger charge is 2.07. The molecular formula is C13H10IN3OS. The van der Waals surface area contributed by atoms with E-state index in [-0.39, 0.29) is 0 Å². The minimum absolute atomic E-state index is 0.318. The van der Waals surface area contributed by atoms with Gasteiger partial charge in [0, 0.05) is 0 Å². The highest BCUT2D eigenvalue weighted by atomic mass is 127. The quantitative estimate of drug-likeness (QED) is 0.704. The monoisotopic (exact) mass is 383 g/mol. The Morgan fingerprint density at radius 3 is 2.89 bits per heavy atom. The van der Waals surface area contributed by atoms with Crippen LogP contribution in [0.25, 0.3) is 10.2 Å². The lowest BCUT2D eigenvalue weighted by Crippen LogP contribution is -2.04. The van der Waals surface area contributed by atoms with E-state index in [9.17, 15) is 0 Å². The second-order valence-corrected chi connectivity index (χ2v) is 5.94. The third-order valence-electron chi connectivity index (χ3n) is 2.59. The Kier molecular flexibility index (Phi) is 3.52. The number of nitrogens with zero attached hydrogens (tertiary/aromatic N) is 2. The highest BCUT2D eigenvalue weighted by molar-refractivity contribution is 14.1. The molecule has 3 rings (SSSR count). The molecule has 0 saturated carbocycles. The van der Waals surface area contributed by atoms with Gasteiger partial charge in [0.1, 0.15) is 23.0 Å². The fourth-order valence-corrected chi connectivity index (χ4v) is 3.03. The van der Waals surface area contributed by atoms with Crippen LogP contribution in [-0.4, -0.2) is 9.97 Å². The van der Waals surface area contributed by atoms with Crippen molar-refractivity contribution < 1.29 is 4.74 Å². The number of halogens is 1. The molecule has 0 aliphatic heterocycles. The number of nitrogen functional groups attached to an aromatic ring is 1. The SMILES string of the molecule is Nc1nc(COc2ccccc2I)nc2sccc12. The minimum atomic E-state index is 0.318. The molecule has 0 fully saturated rings. The van der Waals surface area contributed by atoms with E-state index >= 15 is 0 Å². The van der Waals surface area contributed by atoms with Crippen LogP contribution in [0.2, 0.25) is 0 Å². The number of ether oxygens (including phenoxy) is 1. The summed E-state index contributed by atoms with van der Waals surface area (Å²) >= 11 is 3.79. The van der Waals surface area contributed by atoms with E-state index in [0.29, 0.717) is 18.2 Å². The summed E-state index contributed by atoms with van der Waals surface area (Å²) in [6, 6.07) is 9.76. The Bertz CT molecular complexity index is 729. The fraction of sp³-hybridized carbons (Fsp3) is 0.0769. The average molecular weight is 383 g/mol. The number of aromatic nitrogens is 2. The molecule has 4 nitrogen and oxygen atoms in total. The lowest BCUT2D eigenvalue weighted by molar-refractivity contribution is 0.294. The summed E-state index contributed by atoms with van der Waals surface area (Å²) in [7, 11) is 0. The number of benzene rings is 1. The number of anilines is 1. The van der Waals surface area contributed by atoms with Gasteiger partial charge in [-0.15, -0.1) is 11.3 Å². The molecule has 0 bridgehead atoms. The summed E-state index contributed by atoms with van der Waals surface area (Å²) in [5.41, 5.74) is 5.90. The molecule has 0 unspecified atom stereocenters. The molecule has 3 aromatic rings. The van der Waals surface area contributed by atoms with E-state index in [1.54, 1.807) is 11.3 Å². The highest BCUT2D eigenvalue weighted by Crippen LogP contribution is 2.24. The summed E-state index contributed by atoms with van der Waals surface area (Å²) in [4.78, 5) is 9.60. The lowest BCUT2D eigenvalue weighted by atomic mass is 10.3. The van der Waals surface area contributed by atoms with Crippen molar-refractivity contribution in [1.82, 2.24) is 9.97 Å². The first-order chi connectivity index (χ1) is 9.24. The Morgan fingerprint density at radius 1 is 1.21 bits per heavy atom. The molecule has 1 aromatic carbocycles.